The van der Waals surface area contributed by atoms with E-state index in [1.807, 2.05) is 0 Å². The molecule has 0 radical (unpaired) electrons. The summed E-state index contributed by atoms with van der Waals surface area (Å²) < 4.78 is 0. The third kappa shape index (κ3) is 3.18. The van der Waals surface area contributed by atoms with Crippen molar-refractivity contribution in [2.45, 2.75) is 44.2 Å². The van der Waals surface area contributed by atoms with Crippen LogP contribution in [0.25, 0.3) is 0 Å². The van der Waals surface area contributed by atoms with Crippen molar-refractivity contribution >= 4 is 5.97 Å². The predicted octanol–water partition coefficient (Wildman–Crippen LogP) is 0.677. The van der Waals surface area contributed by atoms with Crippen LogP contribution in [0.5, 0.6) is 0 Å². The van der Waals surface area contributed by atoms with Crippen LogP contribution in [-0.4, -0.2) is 47.7 Å². The van der Waals surface area contributed by atoms with Crippen LogP contribution in [0.3, 0.4) is 0 Å². The van der Waals surface area contributed by atoms with Gasteiger partial charge in [0.25, 0.3) is 0 Å². The van der Waals surface area contributed by atoms with Gasteiger partial charge >= 0.3 is 5.97 Å². The zero-order chi connectivity index (χ0) is 10.7. The Hall–Kier alpha value is -0.610. The fourth-order valence-corrected chi connectivity index (χ4v) is 2.40. The minimum absolute atomic E-state index is 0.301. The molecule has 2 N–H and O–H groups in total. The van der Waals surface area contributed by atoms with Crippen LogP contribution in [0.1, 0.15) is 32.1 Å². The Morgan fingerprint density at radius 2 is 2.27 bits per heavy atom. The summed E-state index contributed by atoms with van der Waals surface area (Å²) in [7, 11) is 0. The van der Waals surface area contributed by atoms with E-state index in [1.165, 1.54) is 19.3 Å². The number of carboxylic acids is 1. The molecule has 1 heterocycles. The molecule has 1 saturated carbocycles. The van der Waals surface area contributed by atoms with Gasteiger partial charge in [-0.3, -0.25) is 9.69 Å². The molecule has 2 fully saturated rings. The second-order valence-electron chi connectivity index (χ2n) is 4.61. The maximum Gasteiger partial charge on any atom is 0.303 e. The highest BCUT2D eigenvalue weighted by atomic mass is 16.4. The molecule has 0 aromatic carbocycles. The zero-order valence-electron chi connectivity index (χ0n) is 9.11. The van der Waals surface area contributed by atoms with Crippen molar-refractivity contribution < 1.29 is 9.90 Å². The van der Waals surface area contributed by atoms with Gasteiger partial charge in [-0.15, -0.1) is 0 Å². The Bertz CT molecular complexity index is 229. The largest absolute Gasteiger partial charge is 0.481 e. The number of carboxylic acid groups (broad SMARTS) is 1. The molecule has 1 atom stereocenters. The second kappa shape index (κ2) is 4.94. The molecular weight excluding hydrogens is 192 g/mol. The molecule has 0 spiro atoms. The third-order valence-corrected chi connectivity index (χ3v) is 3.33. The van der Waals surface area contributed by atoms with Crippen LogP contribution in [0.2, 0.25) is 0 Å². The van der Waals surface area contributed by atoms with E-state index in [9.17, 15) is 4.79 Å². The number of hydrogen-bond acceptors (Lipinski definition) is 3. The lowest BCUT2D eigenvalue weighted by Crippen LogP contribution is -2.41. The van der Waals surface area contributed by atoms with Gasteiger partial charge in [-0.25, -0.2) is 0 Å². The average Bonchev–Trinajstić information content (AvgIpc) is 3.01. The fourth-order valence-electron chi connectivity index (χ4n) is 2.40. The van der Waals surface area contributed by atoms with Gasteiger partial charge in [-0.2, -0.15) is 0 Å². The molecule has 2 rings (SSSR count). The quantitative estimate of drug-likeness (QED) is 0.719. The van der Waals surface area contributed by atoms with E-state index in [0.717, 1.165) is 32.1 Å². The number of nitrogens with one attached hydrogen (secondary N) is 1. The summed E-state index contributed by atoms with van der Waals surface area (Å²) in [6.07, 6.45) is 4.90. The molecule has 1 saturated heterocycles. The minimum atomic E-state index is -0.671. The van der Waals surface area contributed by atoms with E-state index in [2.05, 4.69) is 10.2 Å². The van der Waals surface area contributed by atoms with Crippen LogP contribution >= 0.6 is 0 Å². The summed E-state index contributed by atoms with van der Waals surface area (Å²) >= 11 is 0. The van der Waals surface area contributed by atoms with Gasteiger partial charge in [-0.05, 0) is 38.8 Å². The summed E-state index contributed by atoms with van der Waals surface area (Å²) in [5.74, 6) is -0.671. The van der Waals surface area contributed by atoms with Crippen LogP contribution in [0.15, 0.2) is 0 Å². The fraction of sp³-hybridized carbons (Fsp3) is 0.909. The molecule has 0 aromatic heterocycles. The van der Waals surface area contributed by atoms with Crippen LogP contribution in [-0.2, 0) is 4.79 Å². The van der Waals surface area contributed by atoms with Gasteiger partial charge in [0, 0.05) is 25.0 Å². The maximum atomic E-state index is 10.6. The number of aliphatic carboxylic acids is 1. The first-order chi connectivity index (χ1) is 7.27. The van der Waals surface area contributed by atoms with Crippen molar-refractivity contribution in [2.24, 2.45) is 0 Å². The van der Waals surface area contributed by atoms with Crippen molar-refractivity contribution in [3.05, 3.63) is 0 Å². The zero-order valence-corrected chi connectivity index (χ0v) is 9.11. The molecule has 0 aromatic rings. The SMILES string of the molecule is O=C(O)CCC1CNCCCN1C1CC1. The smallest absolute Gasteiger partial charge is 0.303 e. The van der Waals surface area contributed by atoms with Crippen molar-refractivity contribution in [1.82, 2.24) is 10.2 Å². The maximum absolute atomic E-state index is 10.6. The van der Waals surface area contributed by atoms with E-state index >= 15 is 0 Å². The van der Waals surface area contributed by atoms with Crippen molar-refractivity contribution in [2.75, 3.05) is 19.6 Å². The lowest BCUT2D eigenvalue weighted by Gasteiger charge is -2.29. The molecule has 0 amide bonds. The van der Waals surface area contributed by atoms with Gasteiger partial charge in [-0.1, -0.05) is 0 Å². The third-order valence-electron chi connectivity index (χ3n) is 3.33. The summed E-state index contributed by atoms with van der Waals surface area (Å²) in [6.45, 7) is 3.18. The molecule has 1 aliphatic carbocycles. The van der Waals surface area contributed by atoms with Crippen molar-refractivity contribution in [1.29, 1.82) is 0 Å². The Labute approximate surface area is 90.6 Å². The normalized spacial score (nSPS) is 28.7. The van der Waals surface area contributed by atoms with Gasteiger partial charge in [0.05, 0.1) is 0 Å². The summed E-state index contributed by atoms with van der Waals surface area (Å²) in [5.41, 5.74) is 0. The molecule has 0 bridgehead atoms. The lowest BCUT2D eigenvalue weighted by molar-refractivity contribution is -0.137. The Balaban J connectivity index is 1.87. The molecule has 86 valence electrons. The molecule has 4 heteroatoms. The Morgan fingerprint density at radius 3 is 2.93 bits per heavy atom. The summed E-state index contributed by atoms with van der Waals surface area (Å²) in [4.78, 5) is 13.1. The van der Waals surface area contributed by atoms with Crippen LogP contribution < -0.4 is 5.32 Å². The first kappa shape index (κ1) is 10.9. The van der Waals surface area contributed by atoms with E-state index in [0.29, 0.717) is 12.5 Å². The predicted molar refractivity (Wildman–Crippen MR) is 57.9 cm³/mol. The first-order valence-electron chi connectivity index (χ1n) is 5.95. The molecule has 4 nitrogen and oxygen atoms in total. The van der Waals surface area contributed by atoms with Gasteiger partial charge in [0.2, 0.25) is 0 Å². The number of rotatable bonds is 4. The van der Waals surface area contributed by atoms with Crippen LogP contribution in [0, 0.1) is 0 Å². The van der Waals surface area contributed by atoms with Gasteiger partial charge in [0.1, 0.15) is 0 Å². The van der Waals surface area contributed by atoms with Gasteiger partial charge < -0.3 is 10.4 Å². The van der Waals surface area contributed by atoms with E-state index in [-0.39, 0.29) is 0 Å². The Kier molecular flexibility index (Phi) is 3.59. The lowest BCUT2D eigenvalue weighted by atomic mass is 10.1. The number of nitrogens with zero attached hydrogens (tertiary/aromatic N) is 1. The first-order valence-corrected chi connectivity index (χ1v) is 5.95. The molecule has 2 aliphatic rings. The second-order valence-corrected chi connectivity index (χ2v) is 4.61. The van der Waals surface area contributed by atoms with Gasteiger partial charge in [0.15, 0.2) is 0 Å². The summed E-state index contributed by atoms with van der Waals surface area (Å²) in [5, 5.41) is 12.1. The molecule has 1 aliphatic heterocycles. The van der Waals surface area contributed by atoms with Crippen molar-refractivity contribution in [3.63, 3.8) is 0 Å². The molecular formula is C11H20N2O2. The van der Waals surface area contributed by atoms with Crippen LogP contribution in [0.4, 0.5) is 0 Å². The number of hydrogen-bond donors (Lipinski definition) is 2. The highest BCUT2D eigenvalue weighted by Gasteiger charge is 2.34. The molecule has 15 heavy (non-hydrogen) atoms. The van der Waals surface area contributed by atoms with Crippen molar-refractivity contribution in [3.8, 4) is 0 Å². The highest BCUT2D eigenvalue weighted by molar-refractivity contribution is 5.66. The Morgan fingerprint density at radius 1 is 1.47 bits per heavy atom. The monoisotopic (exact) mass is 212 g/mol. The van der Waals surface area contributed by atoms with E-state index in [4.69, 9.17) is 5.11 Å². The minimum Gasteiger partial charge on any atom is -0.481 e. The standard InChI is InChI=1S/C11H20N2O2/c14-11(15)5-4-10-8-12-6-1-7-13(10)9-2-3-9/h9-10,12H,1-8H2,(H,14,15). The molecule has 1 unspecified atom stereocenters. The summed E-state index contributed by atoms with van der Waals surface area (Å²) in [6, 6.07) is 1.19. The topological polar surface area (TPSA) is 52.6 Å². The average molecular weight is 212 g/mol. The van der Waals surface area contributed by atoms with E-state index in [1.54, 1.807) is 0 Å². The van der Waals surface area contributed by atoms with E-state index < -0.39 is 5.97 Å². The highest BCUT2D eigenvalue weighted by Crippen LogP contribution is 2.30. The number of carbonyl (C=O) groups is 1.